The smallest absolute Gasteiger partial charge is 0.338 e. The Hall–Kier alpha value is -2.92. The van der Waals surface area contributed by atoms with Crippen LogP contribution in [0.4, 0.5) is 0 Å². The van der Waals surface area contributed by atoms with Crippen molar-refractivity contribution in [3.05, 3.63) is 76.5 Å². The van der Waals surface area contributed by atoms with E-state index < -0.39 is 5.97 Å². The summed E-state index contributed by atoms with van der Waals surface area (Å²) in [6.45, 7) is 0.218. The van der Waals surface area contributed by atoms with Gasteiger partial charge in [-0.15, -0.1) is 11.3 Å². The molecule has 0 saturated heterocycles. The van der Waals surface area contributed by atoms with Gasteiger partial charge in [0.25, 0.3) is 0 Å². The molecule has 5 heteroatoms. The molecule has 4 nitrogen and oxygen atoms in total. The highest BCUT2D eigenvalue weighted by Gasteiger charge is 2.10. The third kappa shape index (κ3) is 4.58. The molecule has 1 heterocycles. The quantitative estimate of drug-likeness (QED) is 0.365. The van der Waals surface area contributed by atoms with Crippen LogP contribution in [0.15, 0.2) is 66.0 Å². The summed E-state index contributed by atoms with van der Waals surface area (Å²) in [4.78, 5) is 24.7. The summed E-state index contributed by atoms with van der Waals surface area (Å²) in [5.41, 5.74) is 2.37. The Morgan fingerprint density at radius 2 is 1.58 bits per heavy atom. The van der Waals surface area contributed by atoms with Crippen LogP contribution in [0.25, 0.3) is 11.1 Å². The number of thiophene rings is 1. The van der Waals surface area contributed by atoms with Gasteiger partial charge in [-0.05, 0) is 53.3 Å². The lowest BCUT2D eigenvalue weighted by Crippen LogP contribution is -2.07. The van der Waals surface area contributed by atoms with Gasteiger partial charge in [-0.1, -0.05) is 30.3 Å². The van der Waals surface area contributed by atoms with E-state index in [1.165, 1.54) is 11.3 Å². The number of aromatic hydroxyl groups is 1. The second-order valence-corrected chi connectivity index (χ2v) is 6.71. The van der Waals surface area contributed by atoms with Gasteiger partial charge in [0.15, 0.2) is 5.78 Å². The molecule has 0 saturated carbocycles. The van der Waals surface area contributed by atoms with Crippen LogP contribution in [0, 0.1) is 0 Å². The number of Topliss-reactive ketones (excluding diaryl/α,β-unsaturated/α-hetero) is 1. The van der Waals surface area contributed by atoms with Gasteiger partial charge < -0.3 is 9.84 Å². The van der Waals surface area contributed by atoms with Crippen molar-refractivity contribution in [1.29, 1.82) is 0 Å². The van der Waals surface area contributed by atoms with Gasteiger partial charge in [0, 0.05) is 6.42 Å². The fraction of sp³-hybridized carbons (Fsp3) is 0.143. The highest BCUT2D eigenvalue weighted by Crippen LogP contribution is 2.22. The van der Waals surface area contributed by atoms with Gasteiger partial charge in [-0.2, -0.15) is 0 Å². The first-order valence-electron chi connectivity index (χ1n) is 8.27. The Labute approximate surface area is 155 Å². The Kier molecular flexibility index (Phi) is 5.81. The molecule has 0 spiro atoms. The summed E-state index contributed by atoms with van der Waals surface area (Å²) in [6, 6.07) is 17.6. The lowest BCUT2D eigenvalue weighted by molar-refractivity contribution is 0.0494. The van der Waals surface area contributed by atoms with Crippen molar-refractivity contribution in [3.63, 3.8) is 0 Å². The molecular formula is C21H18O4S. The van der Waals surface area contributed by atoms with E-state index in [0.29, 0.717) is 18.4 Å². The first kappa shape index (κ1) is 17.9. The largest absolute Gasteiger partial charge is 0.508 e. The maximum Gasteiger partial charge on any atom is 0.338 e. The fourth-order valence-electron chi connectivity index (χ4n) is 2.49. The fourth-order valence-corrected chi connectivity index (χ4v) is 3.19. The summed E-state index contributed by atoms with van der Waals surface area (Å²) < 4.78 is 5.24. The van der Waals surface area contributed by atoms with Crippen LogP contribution in [0.5, 0.6) is 5.75 Å². The molecule has 1 N–H and O–H groups in total. The highest BCUT2D eigenvalue weighted by atomic mass is 32.1. The summed E-state index contributed by atoms with van der Waals surface area (Å²) in [7, 11) is 0. The van der Waals surface area contributed by atoms with E-state index in [2.05, 4.69) is 0 Å². The monoisotopic (exact) mass is 366 g/mol. The van der Waals surface area contributed by atoms with Gasteiger partial charge in [0.2, 0.25) is 0 Å². The van der Waals surface area contributed by atoms with Crippen molar-refractivity contribution in [2.24, 2.45) is 0 Å². The molecule has 0 aliphatic heterocycles. The molecule has 132 valence electrons. The Balaban J connectivity index is 1.49. The predicted octanol–water partition coefficient (Wildman–Crippen LogP) is 4.94. The summed E-state index contributed by atoms with van der Waals surface area (Å²) in [6.07, 6.45) is 0.877. The molecule has 1 aromatic heterocycles. The first-order valence-corrected chi connectivity index (χ1v) is 9.15. The molecule has 0 atom stereocenters. The van der Waals surface area contributed by atoms with E-state index in [-0.39, 0.29) is 18.1 Å². The van der Waals surface area contributed by atoms with Gasteiger partial charge in [-0.3, -0.25) is 4.79 Å². The maximum atomic E-state index is 12.1. The molecule has 0 amide bonds. The first-order chi connectivity index (χ1) is 12.6. The van der Waals surface area contributed by atoms with Crippen molar-refractivity contribution in [3.8, 4) is 16.9 Å². The van der Waals surface area contributed by atoms with E-state index in [9.17, 15) is 14.7 Å². The number of hydrogen-bond acceptors (Lipinski definition) is 5. The average Bonchev–Trinajstić information content (AvgIpc) is 3.20. The molecule has 0 unspecified atom stereocenters. The Morgan fingerprint density at radius 3 is 2.19 bits per heavy atom. The number of phenols is 1. The summed E-state index contributed by atoms with van der Waals surface area (Å²) in [5, 5.41) is 11.2. The van der Waals surface area contributed by atoms with Crippen molar-refractivity contribution < 1.29 is 19.4 Å². The number of esters is 1. The van der Waals surface area contributed by atoms with Gasteiger partial charge in [-0.25, -0.2) is 4.79 Å². The van der Waals surface area contributed by atoms with Gasteiger partial charge >= 0.3 is 5.97 Å². The SMILES string of the molecule is O=C(OCCCC(=O)c1cccs1)c1ccc(-c2ccc(O)cc2)cc1. The van der Waals surface area contributed by atoms with Gasteiger partial charge in [0.05, 0.1) is 17.0 Å². The van der Waals surface area contributed by atoms with Crippen LogP contribution in [-0.4, -0.2) is 23.5 Å². The van der Waals surface area contributed by atoms with Crippen LogP contribution < -0.4 is 0 Å². The molecule has 3 rings (SSSR count). The Bertz CT molecular complexity index is 865. The number of rotatable bonds is 7. The van der Waals surface area contributed by atoms with Crippen LogP contribution >= 0.6 is 11.3 Å². The highest BCUT2D eigenvalue weighted by molar-refractivity contribution is 7.12. The molecule has 0 radical (unpaired) electrons. The molecular weight excluding hydrogens is 348 g/mol. The number of carbonyl (C=O) groups excluding carboxylic acids is 2. The van der Waals surface area contributed by atoms with E-state index in [4.69, 9.17) is 4.74 Å². The van der Waals surface area contributed by atoms with E-state index >= 15 is 0 Å². The van der Waals surface area contributed by atoms with Gasteiger partial charge in [0.1, 0.15) is 5.75 Å². The lowest BCUT2D eigenvalue weighted by atomic mass is 10.0. The molecule has 3 aromatic rings. The zero-order valence-electron chi connectivity index (χ0n) is 14.1. The zero-order valence-corrected chi connectivity index (χ0v) is 14.9. The molecule has 0 aliphatic rings. The lowest BCUT2D eigenvalue weighted by Gasteiger charge is -2.06. The van der Waals surface area contributed by atoms with E-state index in [1.54, 1.807) is 30.3 Å². The third-order valence-corrected chi connectivity index (χ3v) is 4.81. The minimum Gasteiger partial charge on any atom is -0.508 e. The molecule has 0 bridgehead atoms. The summed E-state index contributed by atoms with van der Waals surface area (Å²) in [5.74, 6) is -0.105. The number of ether oxygens (including phenoxy) is 1. The van der Waals surface area contributed by atoms with Crippen LogP contribution in [-0.2, 0) is 4.74 Å². The standard InChI is InChI=1S/C21H18O4S/c22-18-11-9-16(10-12-18)15-5-7-17(8-6-15)21(24)25-13-1-3-19(23)20-4-2-14-26-20/h2,4-12,14,22H,1,3,13H2. The van der Waals surface area contributed by atoms with Crippen molar-refractivity contribution in [2.75, 3.05) is 6.61 Å². The Morgan fingerprint density at radius 1 is 0.923 bits per heavy atom. The predicted molar refractivity (Wildman–Crippen MR) is 102 cm³/mol. The van der Waals surface area contributed by atoms with E-state index in [1.807, 2.05) is 35.7 Å². The van der Waals surface area contributed by atoms with Crippen molar-refractivity contribution >= 4 is 23.1 Å². The van der Waals surface area contributed by atoms with Crippen LogP contribution in [0.3, 0.4) is 0 Å². The maximum absolute atomic E-state index is 12.1. The van der Waals surface area contributed by atoms with Crippen molar-refractivity contribution in [2.45, 2.75) is 12.8 Å². The minimum atomic E-state index is -0.397. The minimum absolute atomic E-state index is 0.0781. The van der Waals surface area contributed by atoms with Crippen LogP contribution in [0.2, 0.25) is 0 Å². The second-order valence-electron chi connectivity index (χ2n) is 5.76. The third-order valence-electron chi connectivity index (χ3n) is 3.90. The average molecular weight is 366 g/mol. The molecule has 2 aromatic carbocycles. The molecule has 26 heavy (non-hydrogen) atoms. The summed E-state index contributed by atoms with van der Waals surface area (Å²) >= 11 is 1.42. The number of carbonyl (C=O) groups is 2. The zero-order chi connectivity index (χ0) is 18.4. The number of phenolic OH excluding ortho intramolecular Hbond substituents is 1. The molecule has 0 fully saturated rings. The van der Waals surface area contributed by atoms with Crippen molar-refractivity contribution in [1.82, 2.24) is 0 Å². The number of ketones is 1. The molecule has 0 aliphatic carbocycles. The second kappa shape index (κ2) is 8.45. The normalized spacial score (nSPS) is 10.5. The van der Waals surface area contributed by atoms with Crippen LogP contribution in [0.1, 0.15) is 32.9 Å². The van der Waals surface area contributed by atoms with E-state index in [0.717, 1.165) is 16.0 Å². The number of benzene rings is 2. The topological polar surface area (TPSA) is 63.6 Å². The number of hydrogen-bond donors (Lipinski definition) is 1.